The first kappa shape index (κ1) is 36.4. The van der Waals surface area contributed by atoms with E-state index in [1.165, 1.54) is 24.5 Å². The standard InChI is InChI=1S/C17H10Cl2F3N3.C17H11ClF3N3O/c1-9-13(10-4-6-11(18)7-5-10)14(16(19)25-24-9)15-12(17(20,21)22)3-2-8-23-15;1-9-13(10-4-6-11(18)7-5-10)14(16(25)24-23-9)15-12(17(19,20)21)3-2-8-22-15/h2-8H,1H3;2-8H,1H3,(H,24,25). The molecule has 0 radical (unpaired) electrons. The molecule has 0 unspecified atom stereocenters. The normalized spacial score (nSPS) is 11.6. The predicted octanol–water partition coefficient (Wildman–Crippen LogP) is 10.3. The van der Waals surface area contributed by atoms with Crippen LogP contribution in [-0.2, 0) is 12.4 Å². The number of alkyl halides is 6. The molecular formula is C34H21Cl3F6N6O. The van der Waals surface area contributed by atoms with E-state index in [0.29, 0.717) is 38.1 Å². The van der Waals surface area contributed by atoms with Gasteiger partial charge in [-0.05, 0) is 73.5 Å². The second kappa shape index (κ2) is 14.6. The summed E-state index contributed by atoms with van der Waals surface area (Å²) in [6.45, 7) is 3.24. The molecule has 7 nitrogen and oxygen atoms in total. The van der Waals surface area contributed by atoms with E-state index in [1.54, 1.807) is 62.4 Å². The van der Waals surface area contributed by atoms with Crippen molar-refractivity contribution in [2.75, 3.05) is 0 Å². The Morgan fingerprint density at radius 3 is 1.48 bits per heavy atom. The van der Waals surface area contributed by atoms with Crippen LogP contribution in [0.4, 0.5) is 26.3 Å². The van der Waals surface area contributed by atoms with Crippen LogP contribution in [0.5, 0.6) is 0 Å². The molecule has 4 heterocycles. The zero-order chi connectivity index (χ0) is 36.4. The smallest absolute Gasteiger partial charge is 0.267 e. The average molecular weight is 750 g/mol. The summed E-state index contributed by atoms with van der Waals surface area (Å²) >= 11 is 17.9. The Labute approximate surface area is 295 Å². The molecule has 50 heavy (non-hydrogen) atoms. The van der Waals surface area contributed by atoms with Gasteiger partial charge in [0.1, 0.15) is 0 Å². The molecule has 0 saturated carbocycles. The highest BCUT2D eigenvalue weighted by Gasteiger charge is 2.37. The van der Waals surface area contributed by atoms with Crippen molar-refractivity contribution in [3.63, 3.8) is 0 Å². The largest absolute Gasteiger partial charge is 0.418 e. The fourth-order valence-electron chi connectivity index (χ4n) is 5.09. The lowest BCUT2D eigenvalue weighted by molar-refractivity contribution is -0.138. The average Bonchev–Trinajstić information content (AvgIpc) is 3.07. The van der Waals surface area contributed by atoms with Gasteiger partial charge in [-0.1, -0.05) is 59.1 Å². The number of nitrogens with zero attached hydrogens (tertiary/aromatic N) is 5. The number of hydrogen-bond acceptors (Lipinski definition) is 6. The molecular weight excluding hydrogens is 729 g/mol. The van der Waals surface area contributed by atoms with Crippen molar-refractivity contribution in [1.29, 1.82) is 0 Å². The van der Waals surface area contributed by atoms with Gasteiger partial charge in [-0.2, -0.15) is 36.5 Å². The summed E-state index contributed by atoms with van der Waals surface area (Å²) in [4.78, 5) is 20.1. The topological polar surface area (TPSA) is 97.3 Å². The number of hydrogen-bond donors (Lipinski definition) is 1. The van der Waals surface area contributed by atoms with Crippen LogP contribution in [0.15, 0.2) is 90.0 Å². The van der Waals surface area contributed by atoms with E-state index in [1.807, 2.05) is 0 Å². The predicted molar refractivity (Wildman–Crippen MR) is 179 cm³/mol. The van der Waals surface area contributed by atoms with Crippen LogP contribution in [0.1, 0.15) is 22.5 Å². The van der Waals surface area contributed by atoms with Crippen molar-refractivity contribution in [3.8, 4) is 44.8 Å². The zero-order valence-corrected chi connectivity index (χ0v) is 27.9. The van der Waals surface area contributed by atoms with Crippen molar-refractivity contribution in [1.82, 2.24) is 30.4 Å². The Balaban J connectivity index is 0.000000194. The number of halogens is 9. The molecule has 0 saturated heterocycles. The summed E-state index contributed by atoms with van der Waals surface area (Å²) in [6, 6.07) is 17.3. The van der Waals surface area contributed by atoms with Gasteiger partial charge in [0.2, 0.25) is 0 Å². The van der Waals surface area contributed by atoms with Crippen LogP contribution in [0.3, 0.4) is 0 Å². The van der Waals surface area contributed by atoms with E-state index < -0.39 is 34.7 Å². The molecule has 6 aromatic rings. The molecule has 1 N–H and O–H groups in total. The summed E-state index contributed by atoms with van der Waals surface area (Å²) in [5.74, 6) is 0. The fraction of sp³-hybridized carbons (Fsp3) is 0.118. The van der Waals surface area contributed by atoms with Crippen LogP contribution >= 0.6 is 34.8 Å². The molecule has 0 aliphatic heterocycles. The van der Waals surface area contributed by atoms with Gasteiger partial charge in [0.05, 0.1) is 39.5 Å². The first-order valence-corrected chi connectivity index (χ1v) is 15.4. The van der Waals surface area contributed by atoms with Crippen LogP contribution in [0, 0.1) is 13.8 Å². The van der Waals surface area contributed by atoms with Crippen molar-refractivity contribution in [3.05, 3.63) is 133 Å². The molecule has 6 rings (SSSR count). The van der Waals surface area contributed by atoms with Gasteiger partial charge >= 0.3 is 12.4 Å². The molecule has 0 fully saturated rings. The lowest BCUT2D eigenvalue weighted by Gasteiger charge is -2.16. The zero-order valence-electron chi connectivity index (χ0n) is 25.6. The minimum atomic E-state index is -4.65. The third-order valence-electron chi connectivity index (χ3n) is 7.24. The Hall–Kier alpha value is -4.85. The molecule has 0 spiro atoms. The van der Waals surface area contributed by atoms with Gasteiger partial charge in [-0.3, -0.25) is 14.8 Å². The van der Waals surface area contributed by atoms with Crippen molar-refractivity contribution in [2.24, 2.45) is 0 Å². The lowest BCUT2D eigenvalue weighted by atomic mass is 9.95. The minimum absolute atomic E-state index is 0.0874. The molecule has 16 heteroatoms. The molecule has 0 amide bonds. The van der Waals surface area contributed by atoms with Crippen molar-refractivity contribution >= 4 is 34.8 Å². The number of aryl methyl sites for hydroxylation is 2. The first-order valence-electron chi connectivity index (χ1n) is 14.3. The van der Waals surface area contributed by atoms with Crippen LogP contribution in [-0.4, -0.2) is 30.4 Å². The third-order valence-corrected chi connectivity index (χ3v) is 8.00. The monoisotopic (exact) mass is 748 g/mol. The van der Waals surface area contributed by atoms with Gasteiger partial charge in [-0.15, -0.1) is 5.10 Å². The second-order valence-corrected chi connectivity index (χ2v) is 11.8. The van der Waals surface area contributed by atoms with Crippen LogP contribution in [0.2, 0.25) is 15.2 Å². The maximum Gasteiger partial charge on any atom is 0.418 e. The van der Waals surface area contributed by atoms with Gasteiger partial charge in [0.15, 0.2) is 5.15 Å². The number of aromatic amines is 1. The number of pyridine rings is 2. The van der Waals surface area contributed by atoms with E-state index in [9.17, 15) is 31.1 Å². The number of rotatable bonds is 4. The molecule has 4 aromatic heterocycles. The molecule has 0 aliphatic carbocycles. The Morgan fingerprint density at radius 2 is 1.02 bits per heavy atom. The maximum atomic E-state index is 13.4. The first-order chi connectivity index (χ1) is 23.6. The van der Waals surface area contributed by atoms with Gasteiger partial charge < -0.3 is 0 Å². The fourth-order valence-corrected chi connectivity index (χ4v) is 5.57. The highest BCUT2D eigenvalue weighted by molar-refractivity contribution is 6.33. The molecule has 2 aromatic carbocycles. The highest BCUT2D eigenvalue weighted by atomic mass is 35.5. The van der Waals surface area contributed by atoms with E-state index >= 15 is 0 Å². The SMILES string of the molecule is Cc1n[nH]c(=O)c(-c2ncccc2C(F)(F)F)c1-c1ccc(Cl)cc1.Cc1nnc(Cl)c(-c2ncccc2C(F)(F)F)c1-c1ccc(Cl)cc1. The van der Waals surface area contributed by atoms with Gasteiger partial charge in [0, 0.05) is 39.1 Å². The molecule has 0 bridgehead atoms. The minimum Gasteiger partial charge on any atom is -0.267 e. The highest BCUT2D eigenvalue weighted by Crippen LogP contribution is 2.43. The Morgan fingerprint density at radius 1 is 0.580 bits per heavy atom. The Kier molecular flexibility index (Phi) is 10.6. The van der Waals surface area contributed by atoms with Crippen LogP contribution in [0.25, 0.3) is 44.8 Å². The molecule has 0 atom stereocenters. The van der Waals surface area contributed by atoms with Crippen molar-refractivity contribution in [2.45, 2.75) is 26.2 Å². The summed E-state index contributed by atoms with van der Waals surface area (Å²) in [5.41, 5.74) is -0.786. The van der Waals surface area contributed by atoms with E-state index in [-0.39, 0.29) is 27.5 Å². The van der Waals surface area contributed by atoms with Gasteiger partial charge in [0.25, 0.3) is 5.56 Å². The second-order valence-electron chi connectivity index (χ2n) is 10.5. The molecule has 256 valence electrons. The number of nitrogens with one attached hydrogen (secondary N) is 1. The number of benzene rings is 2. The van der Waals surface area contributed by atoms with Gasteiger partial charge in [-0.25, -0.2) is 5.10 Å². The quantitative estimate of drug-likeness (QED) is 0.180. The summed E-state index contributed by atoms with van der Waals surface area (Å²) in [5, 5.41) is 14.6. The van der Waals surface area contributed by atoms with E-state index in [0.717, 1.165) is 12.1 Å². The Bertz CT molecular complexity index is 2230. The lowest BCUT2D eigenvalue weighted by Crippen LogP contribution is -2.18. The summed E-state index contributed by atoms with van der Waals surface area (Å²) < 4.78 is 80.4. The van der Waals surface area contributed by atoms with E-state index in [2.05, 4.69) is 30.4 Å². The molecule has 0 aliphatic rings. The summed E-state index contributed by atoms with van der Waals surface area (Å²) in [7, 11) is 0. The van der Waals surface area contributed by atoms with E-state index in [4.69, 9.17) is 34.8 Å². The van der Waals surface area contributed by atoms with Crippen molar-refractivity contribution < 1.29 is 26.3 Å². The number of aromatic nitrogens is 6. The maximum absolute atomic E-state index is 13.4. The third kappa shape index (κ3) is 7.80. The van der Waals surface area contributed by atoms with Crippen LogP contribution < -0.4 is 5.56 Å². The summed E-state index contributed by atoms with van der Waals surface area (Å²) in [6.07, 6.45) is -6.74. The number of H-pyrrole nitrogens is 1.